The number of aliphatic hydroxyl groups excluding tert-OH is 1. The van der Waals surface area contributed by atoms with Gasteiger partial charge in [0.15, 0.2) is 10.3 Å². The number of hydrogen-bond donors (Lipinski definition) is 1. The molecule has 3 nitrogen and oxygen atoms in total. The molecule has 0 bridgehead atoms. The average Bonchev–Trinajstić information content (AvgIpc) is 1.94. The molecule has 0 aliphatic carbocycles. The summed E-state index contributed by atoms with van der Waals surface area (Å²) in [6.45, 7) is -0.173. The summed E-state index contributed by atoms with van der Waals surface area (Å²) in [4.78, 5) is 0. The molecule has 0 unspecified atom stereocenters. The van der Waals surface area contributed by atoms with E-state index >= 15 is 0 Å². The van der Waals surface area contributed by atoms with Gasteiger partial charge in [-0.15, -0.1) is 10.2 Å². The summed E-state index contributed by atoms with van der Waals surface area (Å²) in [7, 11) is 0. The van der Waals surface area contributed by atoms with Gasteiger partial charge in [-0.25, -0.2) is 0 Å². The summed E-state index contributed by atoms with van der Waals surface area (Å²) < 4.78 is 0. The quantitative estimate of drug-likeness (QED) is 0.706. The zero-order valence-electron chi connectivity index (χ0n) is 4.88. The Labute approximate surface area is 67.6 Å². The molecule has 1 rings (SSSR count). The molecule has 0 amide bonds. The SMILES string of the molecule is OCc1cc(Cl)nnc1Cl. The predicted octanol–water partition coefficient (Wildman–Crippen LogP) is 1.28. The summed E-state index contributed by atoms with van der Waals surface area (Å²) in [6, 6.07) is 1.47. The van der Waals surface area contributed by atoms with Crippen molar-refractivity contribution in [3.8, 4) is 0 Å². The number of aliphatic hydroxyl groups is 1. The van der Waals surface area contributed by atoms with Gasteiger partial charge in [0.1, 0.15) is 0 Å². The second kappa shape index (κ2) is 3.14. The first-order valence-corrected chi connectivity index (χ1v) is 3.28. The zero-order chi connectivity index (χ0) is 7.56. The van der Waals surface area contributed by atoms with Crippen LogP contribution in [0.15, 0.2) is 6.07 Å². The maximum atomic E-state index is 8.63. The minimum Gasteiger partial charge on any atom is -0.392 e. The summed E-state index contributed by atoms with van der Waals surface area (Å²) >= 11 is 11.0. The van der Waals surface area contributed by atoms with Crippen LogP contribution in [0, 0.1) is 0 Å². The van der Waals surface area contributed by atoms with Crippen LogP contribution < -0.4 is 0 Å². The van der Waals surface area contributed by atoms with E-state index in [1.165, 1.54) is 6.07 Å². The van der Waals surface area contributed by atoms with E-state index in [2.05, 4.69) is 10.2 Å². The van der Waals surface area contributed by atoms with Gasteiger partial charge in [-0.3, -0.25) is 0 Å². The highest BCUT2D eigenvalue weighted by Crippen LogP contribution is 2.14. The molecule has 0 aromatic carbocycles. The van der Waals surface area contributed by atoms with Crippen molar-refractivity contribution in [2.45, 2.75) is 6.61 Å². The molecule has 0 atom stereocenters. The molecule has 1 aromatic heterocycles. The molecule has 0 aliphatic heterocycles. The zero-order valence-corrected chi connectivity index (χ0v) is 6.39. The molecule has 0 saturated carbocycles. The van der Waals surface area contributed by atoms with E-state index < -0.39 is 0 Å². The van der Waals surface area contributed by atoms with E-state index in [-0.39, 0.29) is 16.9 Å². The van der Waals surface area contributed by atoms with Crippen LogP contribution in [0.5, 0.6) is 0 Å². The van der Waals surface area contributed by atoms with E-state index in [1.54, 1.807) is 0 Å². The van der Waals surface area contributed by atoms with Crippen molar-refractivity contribution in [3.05, 3.63) is 21.9 Å². The molecule has 1 heterocycles. The van der Waals surface area contributed by atoms with Crippen LogP contribution in [-0.2, 0) is 6.61 Å². The van der Waals surface area contributed by atoms with Crippen molar-refractivity contribution < 1.29 is 5.11 Å². The third kappa shape index (κ3) is 1.56. The Bertz CT molecular complexity index is 241. The van der Waals surface area contributed by atoms with Crippen LogP contribution in [0.1, 0.15) is 5.56 Å². The van der Waals surface area contributed by atoms with Crippen LogP contribution in [0.25, 0.3) is 0 Å². The molecule has 0 radical (unpaired) electrons. The molecular formula is C5H4Cl2N2O. The number of halogens is 2. The topological polar surface area (TPSA) is 46.0 Å². The Balaban J connectivity index is 3.09. The smallest absolute Gasteiger partial charge is 0.157 e. The largest absolute Gasteiger partial charge is 0.392 e. The summed E-state index contributed by atoms with van der Waals surface area (Å²) in [5.41, 5.74) is 0.488. The highest BCUT2D eigenvalue weighted by molar-refractivity contribution is 6.31. The molecule has 54 valence electrons. The molecule has 5 heteroatoms. The maximum absolute atomic E-state index is 8.63. The predicted molar refractivity (Wildman–Crippen MR) is 38.0 cm³/mol. The normalized spacial score (nSPS) is 9.90. The Morgan fingerprint density at radius 1 is 1.40 bits per heavy atom. The number of aromatic nitrogens is 2. The third-order valence-electron chi connectivity index (χ3n) is 0.962. The van der Waals surface area contributed by atoms with Crippen LogP contribution >= 0.6 is 23.2 Å². The lowest BCUT2D eigenvalue weighted by atomic mass is 10.3. The van der Waals surface area contributed by atoms with Crippen molar-refractivity contribution in [2.75, 3.05) is 0 Å². The number of hydrogen-bond acceptors (Lipinski definition) is 3. The second-order valence-corrected chi connectivity index (χ2v) is 2.39. The Hall–Kier alpha value is -0.380. The minimum atomic E-state index is -0.173. The molecule has 0 fully saturated rings. The fraction of sp³-hybridized carbons (Fsp3) is 0.200. The van der Waals surface area contributed by atoms with Gasteiger partial charge in [0.25, 0.3) is 0 Å². The Kier molecular flexibility index (Phi) is 2.43. The molecule has 1 aromatic rings. The first-order chi connectivity index (χ1) is 4.74. The van der Waals surface area contributed by atoms with Crippen LogP contribution in [0.3, 0.4) is 0 Å². The van der Waals surface area contributed by atoms with Crippen molar-refractivity contribution in [3.63, 3.8) is 0 Å². The monoisotopic (exact) mass is 178 g/mol. The molecular weight excluding hydrogens is 175 g/mol. The van der Waals surface area contributed by atoms with E-state index in [0.29, 0.717) is 5.56 Å². The molecule has 0 saturated heterocycles. The first-order valence-electron chi connectivity index (χ1n) is 2.52. The lowest BCUT2D eigenvalue weighted by molar-refractivity contribution is 0.281. The average molecular weight is 179 g/mol. The standard InChI is InChI=1S/C5H4Cl2N2O/c6-4-1-3(2-10)5(7)9-8-4/h1,10H,2H2. The molecule has 0 spiro atoms. The van der Waals surface area contributed by atoms with Gasteiger partial charge in [-0.05, 0) is 6.07 Å². The first kappa shape index (κ1) is 7.72. The van der Waals surface area contributed by atoms with E-state index in [1.807, 2.05) is 0 Å². The van der Waals surface area contributed by atoms with Gasteiger partial charge < -0.3 is 5.11 Å². The van der Waals surface area contributed by atoms with Gasteiger partial charge in [-0.2, -0.15) is 0 Å². The summed E-state index contributed by atoms with van der Waals surface area (Å²) in [5.74, 6) is 0. The molecule has 1 N–H and O–H groups in total. The van der Waals surface area contributed by atoms with Crippen molar-refractivity contribution >= 4 is 23.2 Å². The van der Waals surface area contributed by atoms with Gasteiger partial charge in [0.2, 0.25) is 0 Å². The minimum absolute atomic E-state index is 0.173. The lowest BCUT2D eigenvalue weighted by Gasteiger charge is -1.96. The number of rotatable bonds is 1. The van der Waals surface area contributed by atoms with Gasteiger partial charge in [0.05, 0.1) is 6.61 Å². The van der Waals surface area contributed by atoms with E-state index in [0.717, 1.165) is 0 Å². The van der Waals surface area contributed by atoms with Crippen molar-refractivity contribution in [1.82, 2.24) is 10.2 Å². The fourth-order valence-corrected chi connectivity index (χ4v) is 0.821. The highest BCUT2D eigenvalue weighted by atomic mass is 35.5. The second-order valence-electron chi connectivity index (χ2n) is 1.64. The highest BCUT2D eigenvalue weighted by Gasteiger charge is 2.00. The Morgan fingerprint density at radius 3 is 2.60 bits per heavy atom. The van der Waals surface area contributed by atoms with Crippen molar-refractivity contribution in [1.29, 1.82) is 0 Å². The lowest BCUT2D eigenvalue weighted by Crippen LogP contribution is -1.90. The van der Waals surface area contributed by atoms with Crippen LogP contribution in [-0.4, -0.2) is 15.3 Å². The van der Waals surface area contributed by atoms with Crippen LogP contribution in [0.2, 0.25) is 10.3 Å². The van der Waals surface area contributed by atoms with Gasteiger partial charge in [-0.1, -0.05) is 23.2 Å². The molecule has 0 aliphatic rings. The maximum Gasteiger partial charge on any atom is 0.157 e. The van der Waals surface area contributed by atoms with Gasteiger partial charge in [0, 0.05) is 5.56 Å². The van der Waals surface area contributed by atoms with E-state index in [4.69, 9.17) is 28.3 Å². The summed E-state index contributed by atoms with van der Waals surface area (Å²) in [6.07, 6.45) is 0. The number of nitrogens with zero attached hydrogens (tertiary/aromatic N) is 2. The Morgan fingerprint density at radius 2 is 2.10 bits per heavy atom. The van der Waals surface area contributed by atoms with Crippen molar-refractivity contribution in [2.24, 2.45) is 0 Å². The summed E-state index contributed by atoms with van der Waals surface area (Å²) in [5, 5.41) is 16.0. The molecule has 10 heavy (non-hydrogen) atoms. The van der Waals surface area contributed by atoms with E-state index in [9.17, 15) is 0 Å². The fourth-order valence-electron chi connectivity index (χ4n) is 0.499. The van der Waals surface area contributed by atoms with Crippen LogP contribution in [0.4, 0.5) is 0 Å². The third-order valence-corrected chi connectivity index (χ3v) is 1.47. The van der Waals surface area contributed by atoms with Gasteiger partial charge >= 0.3 is 0 Å².